The zero-order valence-electron chi connectivity index (χ0n) is 21.8. The number of carbonyl (C=O) groups is 2. The van der Waals surface area contributed by atoms with Crippen molar-refractivity contribution in [1.82, 2.24) is 10.2 Å². The highest BCUT2D eigenvalue weighted by Gasteiger charge is 2.54. The van der Waals surface area contributed by atoms with Crippen molar-refractivity contribution < 1.29 is 14.7 Å². The standard InChI is InChI=1S/C30H41BrN2O3/c1-3-7-29(2,27(34)35)23-17-30(25-22(23)5-4-6-24(25)31)8-10-33(11-9-30)28(36)32-26-20-13-18-12-19(15-20)16-21(26)14-18/h4-6,18-21,23,26H,3,7-17H2,1-2H3,(H,32,36)(H,34,35). The van der Waals surface area contributed by atoms with E-state index in [1.54, 1.807) is 0 Å². The summed E-state index contributed by atoms with van der Waals surface area (Å²) in [5, 5.41) is 13.8. The molecular weight excluding hydrogens is 516 g/mol. The summed E-state index contributed by atoms with van der Waals surface area (Å²) in [6.45, 7) is 5.50. The van der Waals surface area contributed by atoms with Crippen molar-refractivity contribution >= 4 is 27.9 Å². The molecule has 0 aromatic heterocycles. The number of piperidine rings is 1. The Morgan fingerprint density at radius 1 is 1.11 bits per heavy atom. The number of benzene rings is 1. The molecule has 196 valence electrons. The van der Waals surface area contributed by atoms with E-state index in [4.69, 9.17) is 0 Å². The van der Waals surface area contributed by atoms with Crippen LogP contribution in [0.4, 0.5) is 4.79 Å². The number of hydrogen-bond donors (Lipinski definition) is 2. The summed E-state index contributed by atoms with van der Waals surface area (Å²) < 4.78 is 1.10. The number of carbonyl (C=O) groups excluding carboxylic acids is 1. The minimum Gasteiger partial charge on any atom is -0.481 e. The van der Waals surface area contributed by atoms with Gasteiger partial charge < -0.3 is 15.3 Å². The molecule has 2 unspecified atom stereocenters. The molecular formula is C30H41BrN2O3. The minimum absolute atomic E-state index is 0.00382. The van der Waals surface area contributed by atoms with Crippen LogP contribution >= 0.6 is 15.9 Å². The molecule has 7 rings (SSSR count). The number of rotatable bonds is 5. The molecule has 5 fully saturated rings. The molecule has 2 N–H and O–H groups in total. The number of nitrogens with zero attached hydrogens (tertiary/aromatic N) is 1. The highest BCUT2D eigenvalue weighted by molar-refractivity contribution is 9.10. The number of carboxylic acid groups (broad SMARTS) is 1. The van der Waals surface area contributed by atoms with E-state index in [0.717, 1.165) is 55.1 Å². The number of urea groups is 1. The van der Waals surface area contributed by atoms with Gasteiger partial charge in [0, 0.05) is 34.9 Å². The molecule has 4 bridgehead atoms. The van der Waals surface area contributed by atoms with E-state index in [1.165, 1.54) is 43.2 Å². The quantitative estimate of drug-likeness (QED) is 0.424. The molecule has 5 aliphatic carbocycles. The topological polar surface area (TPSA) is 69.6 Å². The third-order valence-electron chi connectivity index (χ3n) is 11.1. The van der Waals surface area contributed by atoms with Gasteiger partial charge >= 0.3 is 12.0 Å². The monoisotopic (exact) mass is 556 g/mol. The Balaban J connectivity index is 1.18. The zero-order valence-corrected chi connectivity index (χ0v) is 23.4. The van der Waals surface area contributed by atoms with Gasteiger partial charge in [0.15, 0.2) is 0 Å². The first-order chi connectivity index (χ1) is 17.2. The number of likely N-dealkylation sites (tertiary alicyclic amines) is 1. The lowest BCUT2D eigenvalue weighted by Gasteiger charge is -2.54. The van der Waals surface area contributed by atoms with Crippen LogP contribution in [-0.2, 0) is 10.2 Å². The van der Waals surface area contributed by atoms with Crippen LogP contribution in [0.5, 0.6) is 0 Å². The van der Waals surface area contributed by atoms with Crippen LogP contribution in [0.2, 0.25) is 0 Å². The largest absolute Gasteiger partial charge is 0.481 e. The Morgan fingerprint density at radius 3 is 2.33 bits per heavy atom. The summed E-state index contributed by atoms with van der Waals surface area (Å²) in [5.74, 6) is 2.50. The Hall–Kier alpha value is -1.56. The lowest BCUT2D eigenvalue weighted by atomic mass is 9.54. The van der Waals surface area contributed by atoms with Gasteiger partial charge in [0.25, 0.3) is 0 Å². The fourth-order valence-electron chi connectivity index (χ4n) is 9.50. The van der Waals surface area contributed by atoms with E-state index in [0.29, 0.717) is 24.3 Å². The third-order valence-corrected chi connectivity index (χ3v) is 11.8. The van der Waals surface area contributed by atoms with Crippen LogP contribution in [0.25, 0.3) is 0 Å². The van der Waals surface area contributed by atoms with Crippen LogP contribution in [0, 0.1) is 29.1 Å². The van der Waals surface area contributed by atoms with E-state index in [9.17, 15) is 14.7 Å². The predicted octanol–water partition coefficient (Wildman–Crippen LogP) is 6.70. The van der Waals surface area contributed by atoms with Crippen LogP contribution in [0.15, 0.2) is 22.7 Å². The van der Waals surface area contributed by atoms with Gasteiger partial charge in [0.05, 0.1) is 5.41 Å². The molecule has 6 aliphatic rings. The van der Waals surface area contributed by atoms with Gasteiger partial charge in [-0.3, -0.25) is 4.79 Å². The first-order valence-corrected chi connectivity index (χ1v) is 15.1. The predicted molar refractivity (Wildman–Crippen MR) is 144 cm³/mol. The number of amides is 2. The molecule has 1 aromatic carbocycles. The summed E-state index contributed by atoms with van der Waals surface area (Å²) in [7, 11) is 0. The van der Waals surface area contributed by atoms with Gasteiger partial charge in [-0.25, -0.2) is 4.79 Å². The maximum absolute atomic E-state index is 13.4. The zero-order chi connectivity index (χ0) is 25.2. The molecule has 0 radical (unpaired) electrons. The maximum Gasteiger partial charge on any atom is 0.317 e. The average molecular weight is 558 g/mol. The molecule has 36 heavy (non-hydrogen) atoms. The fraction of sp³-hybridized carbons (Fsp3) is 0.733. The number of fused-ring (bicyclic) bond motifs is 2. The number of hydrogen-bond acceptors (Lipinski definition) is 2. The van der Waals surface area contributed by atoms with Crippen LogP contribution in [0.1, 0.15) is 95.1 Å². The van der Waals surface area contributed by atoms with Crippen molar-refractivity contribution in [2.45, 2.75) is 95.4 Å². The number of nitrogens with one attached hydrogen (secondary N) is 1. The lowest BCUT2D eigenvalue weighted by Crippen LogP contribution is -2.59. The molecule has 2 amide bonds. The van der Waals surface area contributed by atoms with E-state index < -0.39 is 11.4 Å². The molecule has 6 heteroatoms. The normalized spacial score (nSPS) is 35.5. The first-order valence-electron chi connectivity index (χ1n) is 14.3. The molecule has 1 heterocycles. The van der Waals surface area contributed by atoms with E-state index in [1.807, 2.05) is 11.8 Å². The number of carboxylic acids is 1. The third kappa shape index (κ3) is 3.84. The molecule has 4 saturated carbocycles. The van der Waals surface area contributed by atoms with Crippen molar-refractivity contribution in [1.29, 1.82) is 0 Å². The molecule has 2 atom stereocenters. The van der Waals surface area contributed by atoms with Gasteiger partial charge in [-0.15, -0.1) is 0 Å². The Bertz CT molecular complexity index is 1020. The second-order valence-corrected chi connectivity index (χ2v) is 14.0. The highest BCUT2D eigenvalue weighted by Crippen LogP contribution is 2.60. The van der Waals surface area contributed by atoms with Crippen molar-refractivity contribution in [3.8, 4) is 0 Å². The van der Waals surface area contributed by atoms with Crippen molar-refractivity contribution in [2.24, 2.45) is 29.1 Å². The smallest absolute Gasteiger partial charge is 0.317 e. The number of aliphatic carboxylic acids is 1. The van der Waals surface area contributed by atoms with Gasteiger partial charge in [-0.05, 0) is 106 Å². The number of halogens is 1. The summed E-state index contributed by atoms with van der Waals surface area (Å²) in [6, 6.07) is 6.81. The van der Waals surface area contributed by atoms with Crippen molar-refractivity contribution in [2.75, 3.05) is 13.1 Å². The molecule has 1 aliphatic heterocycles. The summed E-state index contributed by atoms with van der Waals surface area (Å²) in [5.41, 5.74) is 1.67. The van der Waals surface area contributed by atoms with Crippen molar-refractivity contribution in [3.63, 3.8) is 0 Å². The summed E-state index contributed by atoms with van der Waals surface area (Å²) in [4.78, 5) is 28.0. The molecule has 5 nitrogen and oxygen atoms in total. The van der Waals surface area contributed by atoms with Gasteiger partial charge in [0.1, 0.15) is 0 Å². The van der Waals surface area contributed by atoms with Gasteiger partial charge in [-0.2, -0.15) is 0 Å². The van der Waals surface area contributed by atoms with Crippen molar-refractivity contribution in [3.05, 3.63) is 33.8 Å². The second kappa shape index (κ2) is 9.03. The fourth-order valence-corrected chi connectivity index (χ4v) is 10.3. The highest BCUT2D eigenvalue weighted by atomic mass is 79.9. The van der Waals surface area contributed by atoms with Crippen LogP contribution in [0.3, 0.4) is 0 Å². The summed E-state index contributed by atoms with van der Waals surface area (Å²) >= 11 is 3.83. The van der Waals surface area contributed by atoms with E-state index >= 15 is 0 Å². The van der Waals surface area contributed by atoms with Gasteiger partial charge in [-0.1, -0.05) is 41.4 Å². The van der Waals surface area contributed by atoms with E-state index in [2.05, 4.69) is 46.4 Å². The van der Waals surface area contributed by atoms with E-state index in [-0.39, 0.29) is 17.4 Å². The average Bonchev–Trinajstić information content (AvgIpc) is 3.17. The maximum atomic E-state index is 13.4. The SMILES string of the molecule is CCCC(C)(C(=O)O)C1CC2(CCN(C(=O)NC3C4CC5CC(C4)CC3C5)CC2)c2c(Br)cccc21. The van der Waals surface area contributed by atoms with Gasteiger partial charge in [0.2, 0.25) is 0 Å². The Kier molecular flexibility index (Phi) is 6.21. The van der Waals surface area contributed by atoms with Crippen LogP contribution < -0.4 is 5.32 Å². The first kappa shape index (κ1) is 24.8. The summed E-state index contributed by atoms with van der Waals surface area (Å²) in [6.07, 6.45) is 10.9. The Morgan fingerprint density at radius 2 is 1.75 bits per heavy atom. The lowest BCUT2D eigenvalue weighted by molar-refractivity contribution is -0.150. The molecule has 1 spiro atoms. The Labute approximate surface area is 223 Å². The molecule has 1 aromatic rings. The second-order valence-electron chi connectivity index (χ2n) is 13.1. The van der Waals surface area contributed by atoms with Crippen LogP contribution in [-0.4, -0.2) is 41.1 Å². The minimum atomic E-state index is -0.776. The molecule has 1 saturated heterocycles.